The number of para-hydroxylation sites is 1. The van der Waals surface area contributed by atoms with E-state index < -0.39 is 0 Å². The summed E-state index contributed by atoms with van der Waals surface area (Å²) in [6, 6.07) is 9.87. The molecule has 31 heavy (non-hydrogen) atoms. The largest absolute Gasteiger partial charge is 0.379 e. The fourth-order valence-corrected chi connectivity index (χ4v) is 4.32. The SMILES string of the molecule is Cn1c(CCN2CCOCC2)nc2c1c(=O)n(Cc1cc3ccccc3[nH]1)c(=O)n2C.[HH]. The van der Waals surface area contributed by atoms with E-state index in [0.29, 0.717) is 17.6 Å². The minimum absolute atomic E-state index is 0. The summed E-state index contributed by atoms with van der Waals surface area (Å²) in [5, 5.41) is 1.05. The topological polar surface area (TPSA) is 90.1 Å². The standard InChI is InChI=1S/C22H26N6O3.H2/c1-25-18(7-8-27-9-11-31-12-10-27)24-20-19(25)21(29)28(22(30)26(20)2)14-16-13-15-5-3-4-6-17(15)23-16;/h3-6,13,23H,7-12,14H2,1-2H3;1H. The van der Waals surface area contributed by atoms with E-state index in [0.717, 1.165) is 55.3 Å². The van der Waals surface area contributed by atoms with Crippen molar-refractivity contribution in [2.75, 3.05) is 32.8 Å². The number of aryl methyl sites for hydroxylation is 2. The summed E-state index contributed by atoms with van der Waals surface area (Å²) in [6.45, 7) is 4.33. The van der Waals surface area contributed by atoms with Crippen molar-refractivity contribution in [3.63, 3.8) is 0 Å². The Kier molecular flexibility index (Phi) is 4.99. The van der Waals surface area contributed by atoms with Gasteiger partial charge in [0.2, 0.25) is 0 Å². The molecule has 1 N–H and O–H groups in total. The number of H-pyrrole nitrogens is 1. The zero-order valence-corrected chi connectivity index (χ0v) is 17.8. The Morgan fingerprint density at radius 1 is 1.13 bits per heavy atom. The molecule has 5 rings (SSSR count). The summed E-state index contributed by atoms with van der Waals surface area (Å²) < 4.78 is 9.98. The van der Waals surface area contributed by atoms with E-state index in [1.165, 1.54) is 9.13 Å². The molecule has 4 heterocycles. The number of benzene rings is 1. The number of aromatic nitrogens is 5. The molecule has 0 unspecified atom stereocenters. The molecule has 0 saturated carbocycles. The number of hydrogen-bond donors (Lipinski definition) is 1. The second kappa shape index (κ2) is 7.82. The van der Waals surface area contributed by atoms with Crippen LogP contribution in [0.4, 0.5) is 0 Å². The van der Waals surface area contributed by atoms with E-state index in [9.17, 15) is 9.59 Å². The molecule has 1 aromatic carbocycles. The van der Waals surface area contributed by atoms with Crippen molar-refractivity contribution < 1.29 is 6.16 Å². The van der Waals surface area contributed by atoms with Gasteiger partial charge in [-0.3, -0.25) is 18.8 Å². The number of ether oxygens (including phenoxy) is 1. The Balaban J connectivity index is 0.00000245. The highest BCUT2D eigenvalue weighted by Gasteiger charge is 2.20. The van der Waals surface area contributed by atoms with Gasteiger partial charge in [-0.05, 0) is 17.5 Å². The number of fused-ring (bicyclic) bond motifs is 2. The lowest BCUT2D eigenvalue weighted by Crippen LogP contribution is -2.40. The lowest BCUT2D eigenvalue weighted by molar-refractivity contribution is 0.0381. The lowest BCUT2D eigenvalue weighted by Gasteiger charge is -2.26. The van der Waals surface area contributed by atoms with Crippen LogP contribution in [0.25, 0.3) is 22.1 Å². The van der Waals surface area contributed by atoms with Crippen molar-refractivity contribution in [1.29, 1.82) is 0 Å². The number of nitrogens with one attached hydrogen (secondary N) is 1. The van der Waals surface area contributed by atoms with E-state index in [-0.39, 0.29) is 19.2 Å². The molecular formula is C22H28N6O3. The van der Waals surface area contributed by atoms with Gasteiger partial charge < -0.3 is 14.3 Å². The quantitative estimate of drug-likeness (QED) is 0.518. The van der Waals surface area contributed by atoms with Gasteiger partial charge in [0.05, 0.1) is 19.8 Å². The van der Waals surface area contributed by atoms with Crippen LogP contribution < -0.4 is 11.2 Å². The molecule has 0 amide bonds. The monoisotopic (exact) mass is 424 g/mol. The first-order valence-electron chi connectivity index (χ1n) is 10.5. The Labute approximate surface area is 180 Å². The summed E-state index contributed by atoms with van der Waals surface area (Å²) in [5.41, 5.74) is 2.00. The minimum Gasteiger partial charge on any atom is -0.379 e. The Hall–Kier alpha value is -3.17. The van der Waals surface area contributed by atoms with Crippen LogP contribution in [0.1, 0.15) is 12.9 Å². The molecule has 3 aromatic heterocycles. The smallest absolute Gasteiger partial charge is 0.332 e. The van der Waals surface area contributed by atoms with Crippen LogP contribution in [0.3, 0.4) is 0 Å². The third kappa shape index (κ3) is 3.49. The summed E-state index contributed by atoms with van der Waals surface area (Å²) in [5.74, 6) is 0.803. The van der Waals surface area contributed by atoms with E-state index in [2.05, 4.69) is 14.9 Å². The molecule has 164 valence electrons. The van der Waals surface area contributed by atoms with Gasteiger partial charge in [0.15, 0.2) is 11.2 Å². The Morgan fingerprint density at radius 2 is 1.90 bits per heavy atom. The minimum atomic E-state index is -0.367. The van der Waals surface area contributed by atoms with Crippen molar-refractivity contribution >= 4 is 22.1 Å². The van der Waals surface area contributed by atoms with Crippen LogP contribution in [-0.2, 0) is 31.8 Å². The summed E-state index contributed by atoms with van der Waals surface area (Å²) in [4.78, 5) is 36.6. The van der Waals surface area contributed by atoms with Crippen LogP contribution in [0.15, 0.2) is 39.9 Å². The molecule has 0 radical (unpaired) electrons. The normalized spacial score (nSPS) is 15.3. The fourth-order valence-electron chi connectivity index (χ4n) is 4.32. The van der Waals surface area contributed by atoms with Crippen LogP contribution in [0.5, 0.6) is 0 Å². The van der Waals surface area contributed by atoms with Gasteiger partial charge in [-0.2, -0.15) is 0 Å². The van der Waals surface area contributed by atoms with Crippen LogP contribution in [0.2, 0.25) is 0 Å². The Bertz CT molecular complexity index is 1340. The predicted octanol–water partition coefficient (Wildman–Crippen LogP) is 1.08. The molecule has 4 aromatic rings. The molecule has 0 spiro atoms. The number of rotatable bonds is 5. The van der Waals surface area contributed by atoms with Gasteiger partial charge in [-0.1, -0.05) is 18.2 Å². The van der Waals surface area contributed by atoms with Gasteiger partial charge in [0, 0.05) is 52.8 Å². The second-order valence-electron chi connectivity index (χ2n) is 8.08. The van der Waals surface area contributed by atoms with Gasteiger partial charge >= 0.3 is 5.69 Å². The van der Waals surface area contributed by atoms with E-state index in [4.69, 9.17) is 4.74 Å². The maximum absolute atomic E-state index is 13.3. The number of imidazole rings is 1. The van der Waals surface area contributed by atoms with Gasteiger partial charge in [0.25, 0.3) is 5.56 Å². The van der Waals surface area contributed by atoms with Crippen molar-refractivity contribution in [1.82, 2.24) is 28.6 Å². The highest BCUT2D eigenvalue weighted by atomic mass is 16.5. The van der Waals surface area contributed by atoms with E-state index >= 15 is 0 Å². The highest BCUT2D eigenvalue weighted by Crippen LogP contribution is 2.15. The average Bonchev–Trinajstić information content (AvgIpc) is 3.35. The van der Waals surface area contributed by atoms with Gasteiger partial charge in [-0.15, -0.1) is 0 Å². The molecular weight excluding hydrogens is 396 g/mol. The molecule has 0 bridgehead atoms. The van der Waals surface area contributed by atoms with E-state index in [1.807, 2.05) is 41.9 Å². The van der Waals surface area contributed by atoms with E-state index in [1.54, 1.807) is 7.05 Å². The number of morpholine rings is 1. The number of hydrogen-bond acceptors (Lipinski definition) is 5. The maximum Gasteiger partial charge on any atom is 0.332 e. The molecule has 0 atom stereocenters. The molecule has 1 saturated heterocycles. The van der Waals surface area contributed by atoms with Crippen molar-refractivity contribution in [3.8, 4) is 0 Å². The van der Waals surface area contributed by atoms with Crippen molar-refractivity contribution in [3.05, 3.63) is 62.7 Å². The third-order valence-electron chi connectivity index (χ3n) is 6.12. The third-order valence-corrected chi connectivity index (χ3v) is 6.12. The van der Waals surface area contributed by atoms with Crippen molar-refractivity contribution in [2.45, 2.75) is 13.0 Å². The highest BCUT2D eigenvalue weighted by molar-refractivity contribution is 5.80. The maximum atomic E-state index is 13.3. The molecule has 1 aliphatic rings. The summed E-state index contributed by atoms with van der Waals surface area (Å²) in [7, 11) is 3.52. The van der Waals surface area contributed by atoms with Crippen LogP contribution in [0, 0.1) is 0 Å². The predicted molar refractivity (Wildman–Crippen MR) is 121 cm³/mol. The summed E-state index contributed by atoms with van der Waals surface area (Å²) in [6.07, 6.45) is 0.709. The van der Waals surface area contributed by atoms with Crippen LogP contribution >= 0.6 is 0 Å². The van der Waals surface area contributed by atoms with Gasteiger partial charge in [-0.25, -0.2) is 9.78 Å². The fraction of sp³-hybridized carbons (Fsp3) is 0.409. The molecule has 9 nitrogen and oxygen atoms in total. The average molecular weight is 425 g/mol. The zero-order chi connectivity index (χ0) is 21.5. The first-order chi connectivity index (χ1) is 15.0. The first-order valence-corrected chi connectivity index (χ1v) is 10.5. The van der Waals surface area contributed by atoms with Gasteiger partial charge in [0.1, 0.15) is 5.82 Å². The lowest BCUT2D eigenvalue weighted by atomic mass is 10.2. The number of aromatic amines is 1. The molecule has 9 heteroatoms. The zero-order valence-electron chi connectivity index (χ0n) is 17.8. The second-order valence-corrected chi connectivity index (χ2v) is 8.08. The number of nitrogens with zero attached hydrogens (tertiary/aromatic N) is 5. The molecule has 1 aliphatic heterocycles. The van der Waals surface area contributed by atoms with Crippen LogP contribution in [-0.4, -0.2) is 61.4 Å². The van der Waals surface area contributed by atoms with Crippen molar-refractivity contribution in [2.24, 2.45) is 14.1 Å². The molecule has 0 aliphatic carbocycles. The summed E-state index contributed by atoms with van der Waals surface area (Å²) >= 11 is 0. The first kappa shape index (κ1) is 19.8. The Morgan fingerprint density at radius 3 is 2.68 bits per heavy atom. The molecule has 1 fully saturated rings.